The van der Waals surface area contributed by atoms with Crippen LogP contribution in [0.5, 0.6) is 0 Å². The molecule has 1 amide bonds. The number of aromatic nitrogens is 5. The number of nitrogens with zero attached hydrogens (tertiary/aromatic N) is 5. The molecular weight excluding hydrogens is 258 g/mol. The van der Waals surface area contributed by atoms with Crippen LogP contribution in [0.3, 0.4) is 0 Å². The topological polar surface area (TPSA) is 114 Å². The molecule has 0 radical (unpaired) electrons. The summed E-state index contributed by atoms with van der Waals surface area (Å²) in [5, 5.41) is 14.1. The lowest BCUT2D eigenvalue weighted by atomic mass is 10.2. The molecule has 0 spiro atoms. The molecule has 0 saturated heterocycles. The van der Waals surface area contributed by atoms with Gasteiger partial charge in [0.15, 0.2) is 11.0 Å². The summed E-state index contributed by atoms with van der Waals surface area (Å²) in [4.78, 5) is 17.0. The molecule has 0 aliphatic rings. The van der Waals surface area contributed by atoms with Gasteiger partial charge < -0.3 is 10.6 Å². The van der Waals surface area contributed by atoms with Crippen LogP contribution in [0.25, 0.3) is 0 Å². The van der Waals surface area contributed by atoms with Crippen molar-refractivity contribution in [3.8, 4) is 0 Å². The van der Waals surface area contributed by atoms with Gasteiger partial charge in [-0.25, -0.2) is 4.98 Å². The van der Waals surface area contributed by atoms with Crippen molar-refractivity contribution in [3.05, 3.63) is 28.9 Å². The lowest BCUT2D eigenvalue weighted by Crippen LogP contribution is -2.24. The summed E-state index contributed by atoms with van der Waals surface area (Å²) in [7, 11) is 1.73. The van der Waals surface area contributed by atoms with E-state index in [-0.39, 0.29) is 10.7 Å². The van der Waals surface area contributed by atoms with E-state index < -0.39 is 5.91 Å². The second-order valence-electron chi connectivity index (χ2n) is 3.56. The highest BCUT2D eigenvalue weighted by atomic mass is 35.5. The molecule has 94 valence electrons. The fraction of sp³-hybridized carbons (Fsp3) is 0.222. The molecular formula is C9H10ClN7O. The highest BCUT2D eigenvalue weighted by molar-refractivity contribution is 6.29. The van der Waals surface area contributed by atoms with Crippen molar-refractivity contribution < 1.29 is 4.79 Å². The predicted molar refractivity (Wildman–Crippen MR) is 64.0 cm³/mol. The zero-order valence-electron chi connectivity index (χ0n) is 9.46. The van der Waals surface area contributed by atoms with Crippen LogP contribution in [0.4, 0.5) is 5.82 Å². The van der Waals surface area contributed by atoms with Crippen molar-refractivity contribution in [1.82, 2.24) is 25.4 Å². The van der Waals surface area contributed by atoms with E-state index >= 15 is 0 Å². The standard InChI is InChI=1S/C9H10ClN7O/c1-17(3-7-12-4-13-15-7)9-5(8(11)18)2-6(10)14-16-9/h2,4H,3H2,1H3,(H2,11,18)(H,12,13,15). The van der Waals surface area contributed by atoms with Gasteiger partial charge in [-0.15, -0.1) is 10.2 Å². The van der Waals surface area contributed by atoms with Gasteiger partial charge in [-0.05, 0) is 6.07 Å². The number of primary amides is 1. The number of H-pyrrole nitrogens is 1. The highest BCUT2D eigenvalue weighted by Crippen LogP contribution is 2.18. The van der Waals surface area contributed by atoms with Gasteiger partial charge >= 0.3 is 0 Å². The van der Waals surface area contributed by atoms with E-state index in [0.717, 1.165) is 0 Å². The summed E-state index contributed by atoms with van der Waals surface area (Å²) in [5.41, 5.74) is 5.47. The van der Waals surface area contributed by atoms with E-state index in [4.69, 9.17) is 17.3 Å². The molecule has 0 fully saturated rings. The average Bonchev–Trinajstić information content (AvgIpc) is 2.81. The number of amides is 1. The fourth-order valence-corrected chi connectivity index (χ4v) is 1.58. The number of rotatable bonds is 4. The molecule has 2 rings (SSSR count). The van der Waals surface area contributed by atoms with Gasteiger partial charge in [-0.1, -0.05) is 11.6 Å². The Labute approximate surface area is 107 Å². The molecule has 3 N–H and O–H groups in total. The first-order valence-electron chi connectivity index (χ1n) is 4.96. The van der Waals surface area contributed by atoms with Crippen molar-refractivity contribution in [1.29, 1.82) is 0 Å². The second-order valence-corrected chi connectivity index (χ2v) is 3.94. The number of anilines is 1. The second kappa shape index (κ2) is 4.96. The lowest BCUT2D eigenvalue weighted by Gasteiger charge is -2.17. The Morgan fingerprint density at radius 1 is 1.56 bits per heavy atom. The van der Waals surface area contributed by atoms with E-state index in [0.29, 0.717) is 18.2 Å². The first-order valence-corrected chi connectivity index (χ1v) is 5.34. The van der Waals surface area contributed by atoms with Gasteiger partial charge in [0, 0.05) is 7.05 Å². The van der Waals surface area contributed by atoms with Crippen LogP contribution in [0.2, 0.25) is 5.15 Å². The van der Waals surface area contributed by atoms with E-state index in [1.54, 1.807) is 11.9 Å². The third-order valence-corrected chi connectivity index (χ3v) is 2.41. The minimum Gasteiger partial charge on any atom is -0.365 e. The van der Waals surface area contributed by atoms with Crippen LogP contribution >= 0.6 is 11.6 Å². The molecule has 2 aromatic rings. The van der Waals surface area contributed by atoms with Gasteiger partial charge in [-0.3, -0.25) is 9.89 Å². The summed E-state index contributed by atoms with van der Waals surface area (Å²) in [6.07, 6.45) is 1.39. The van der Waals surface area contributed by atoms with Gasteiger partial charge in [0.25, 0.3) is 5.91 Å². The van der Waals surface area contributed by atoms with E-state index in [2.05, 4.69) is 25.4 Å². The molecule has 18 heavy (non-hydrogen) atoms. The molecule has 2 heterocycles. The van der Waals surface area contributed by atoms with Crippen LogP contribution in [0.1, 0.15) is 16.2 Å². The van der Waals surface area contributed by atoms with Crippen molar-refractivity contribution in [2.24, 2.45) is 5.73 Å². The molecule has 0 aliphatic heterocycles. The molecule has 0 aliphatic carbocycles. The smallest absolute Gasteiger partial charge is 0.252 e. The minimum absolute atomic E-state index is 0.112. The largest absolute Gasteiger partial charge is 0.365 e. The summed E-state index contributed by atoms with van der Waals surface area (Å²) in [6, 6.07) is 1.38. The number of halogens is 1. The van der Waals surface area contributed by atoms with E-state index in [1.165, 1.54) is 12.4 Å². The van der Waals surface area contributed by atoms with Crippen molar-refractivity contribution >= 4 is 23.3 Å². The third-order valence-electron chi connectivity index (χ3n) is 2.22. The van der Waals surface area contributed by atoms with Crippen LogP contribution < -0.4 is 10.6 Å². The van der Waals surface area contributed by atoms with E-state index in [1.807, 2.05) is 0 Å². The Kier molecular flexibility index (Phi) is 3.38. The minimum atomic E-state index is -0.619. The monoisotopic (exact) mass is 267 g/mol. The molecule has 0 atom stereocenters. The number of carbonyl (C=O) groups excluding carboxylic acids is 1. The first-order chi connectivity index (χ1) is 8.58. The van der Waals surface area contributed by atoms with Crippen molar-refractivity contribution in [3.63, 3.8) is 0 Å². The Balaban J connectivity index is 2.29. The predicted octanol–water partition coefficient (Wildman–Crippen LogP) is -0.0166. The summed E-state index contributed by atoms with van der Waals surface area (Å²) < 4.78 is 0. The van der Waals surface area contributed by atoms with Crippen LogP contribution in [0, 0.1) is 0 Å². The maximum atomic E-state index is 11.3. The fourth-order valence-electron chi connectivity index (χ4n) is 1.43. The molecule has 8 nitrogen and oxygen atoms in total. The van der Waals surface area contributed by atoms with Gasteiger partial charge in [-0.2, -0.15) is 5.10 Å². The molecule has 2 aromatic heterocycles. The van der Waals surface area contributed by atoms with Crippen LogP contribution in [0.15, 0.2) is 12.4 Å². The van der Waals surface area contributed by atoms with Crippen molar-refractivity contribution in [2.75, 3.05) is 11.9 Å². The SMILES string of the molecule is CN(Cc1ncn[nH]1)c1nnc(Cl)cc1C(N)=O. The maximum absolute atomic E-state index is 11.3. The normalized spacial score (nSPS) is 10.3. The third kappa shape index (κ3) is 2.54. The first kappa shape index (κ1) is 12.2. The van der Waals surface area contributed by atoms with Gasteiger partial charge in [0.05, 0.1) is 12.1 Å². The molecule has 0 saturated carbocycles. The number of nitrogens with two attached hydrogens (primary N) is 1. The quantitative estimate of drug-likeness (QED) is 0.805. The molecule has 9 heteroatoms. The van der Waals surface area contributed by atoms with Gasteiger partial charge in [0.2, 0.25) is 0 Å². The van der Waals surface area contributed by atoms with E-state index in [9.17, 15) is 4.79 Å². The van der Waals surface area contributed by atoms with Crippen LogP contribution in [-0.2, 0) is 6.54 Å². The Bertz CT molecular complexity index is 556. The Hall–Kier alpha value is -2.22. The number of aromatic amines is 1. The number of nitrogens with one attached hydrogen (secondary N) is 1. The maximum Gasteiger partial charge on any atom is 0.252 e. The summed E-state index contributed by atoms with van der Waals surface area (Å²) in [5.74, 6) is 0.346. The number of hydrogen-bond donors (Lipinski definition) is 2. The summed E-state index contributed by atoms with van der Waals surface area (Å²) >= 11 is 5.68. The number of carbonyl (C=O) groups is 1. The molecule has 0 aromatic carbocycles. The Morgan fingerprint density at radius 2 is 2.33 bits per heavy atom. The van der Waals surface area contributed by atoms with Crippen molar-refractivity contribution in [2.45, 2.75) is 6.54 Å². The zero-order chi connectivity index (χ0) is 13.1. The molecule has 0 unspecified atom stereocenters. The van der Waals surface area contributed by atoms with Gasteiger partial charge in [0.1, 0.15) is 12.2 Å². The van der Waals surface area contributed by atoms with Crippen LogP contribution in [-0.4, -0.2) is 38.3 Å². The highest BCUT2D eigenvalue weighted by Gasteiger charge is 2.16. The Morgan fingerprint density at radius 3 is 2.94 bits per heavy atom. The zero-order valence-corrected chi connectivity index (χ0v) is 10.2. The number of hydrogen-bond acceptors (Lipinski definition) is 6. The lowest BCUT2D eigenvalue weighted by molar-refractivity contribution is 0.1000. The average molecular weight is 268 g/mol. The molecule has 0 bridgehead atoms. The summed E-state index contributed by atoms with van der Waals surface area (Å²) in [6.45, 7) is 0.386.